The molecule has 4 saturated carbocycles. The lowest BCUT2D eigenvalue weighted by atomic mass is 9.59. The first-order valence-electron chi connectivity index (χ1n) is 9.14. The minimum Gasteiger partial charge on any atom is -0.481 e. The Morgan fingerprint density at radius 3 is 2.76 bits per heavy atom. The molecule has 1 aliphatic heterocycles. The molecule has 0 radical (unpaired) electrons. The lowest BCUT2D eigenvalue weighted by molar-refractivity contribution is -0.163. The number of carboxylic acids is 1. The standard InChI is InChI=1S/C19H24O6/c1-9-5-17-8-18(9,24)4-3-11(17)19-7-10(20)6-16(2,15(23)25-19)13(19)12(17)14(21)22/h10-13,20,24H,1,3-8H2,2H3,(H,21,22)/t10-,11-,12-,13-,16-,17?,18-,19-/m0/s1. The Hall–Kier alpha value is -1.40. The highest BCUT2D eigenvalue weighted by atomic mass is 16.6. The molecule has 5 aliphatic rings. The van der Waals surface area contributed by atoms with E-state index in [1.54, 1.807) is 6.92 Å². The van der Waals surface area contributed by atoms with E-state index in [4.69, 9.17) is 4.74 Å². The summed E-state index contributed by atoms with van der Waals surface area (Å²) in [4.78, 5) is 25.1. The number of carboxylic acid groups (broad SMARTS) is 1. The molecule has 4 bridgehead atoms. The Bertz CT molecular complexity index is 731. The minimum atomic E-state index is -1.00. The molecule has 6 heteroatoms. The Morgan fingerprint density at radius 1 is 1.36 bits per heavy atom. The monoisotopic (exact) mass is 348 g/mol. The van der Waals surface area contributed by atoms with E-state index in [9.17, 15) is 24.9 Å². The van der Waals surface area contributed by atoms with Crippen LogP contribution in [0.1, 0.15) is 45.4 Å². The normalized spacial score (nSPS) is 58.7. The van der Waals surface area contributed by atoms with Crippen molar-refractivity contribution in [1.82, 2.24) is 0 Å². The maximum absolute atomic E-state index is 12.7. The average molecular weight is 348 g/mol. The fraction of sp³-hybridized carbons (Fsp3) is 0.789. The van der Waals surface area contributed by atoms with Gasteiger partial charge in [0.2, 0.25) is 0 Å². The number of aliphatic carboxylic acids is 1. The van der Waals surface area contributed by atoms with Crippen LogP contribution >= 0.6 is 0 Å². The van der Waals surface area contributed by atoms with Crippen molar-refractivity contribution in [1.29, 1.82) is 0 Å². The zero-order valence-electron chi connectivity index (χ0n) is 14.3. The highest BCUT2D eigenvalue weighted by Crippen LogP contribution is 2.78. The van der Waals surface area contributed by atoms with Crippen LogP contribution in [0.4, 0.5) is 0 Å². The zero-order chi connectivity index (χ0) is 18.0. The average Bonchev–Trinajstić information content (AvgIpc) is 2.88. The number of hydrogen-bond donors (Lipinski definition) is 3. The van der Waals surface area contributed by atoms with Crippen molar-refractivity contribution >= 4 is 11.9 Å². The van der Waals surface area contributed by atoms with Gasteiger partial charge >= 0.3 is 11.9 Å². The van der Waals surface area contributed by atoms with Crippen LogP contribution in [0.2, 0.25) is 0 Å². The number of carbonyl (C=O) groups excluding carboxylic acids is 1. The number of aliphatic hydroxyl groups is 2. The quantitative estimate of drug-likeness (QED) is 0.487. The number of esters is 1. The van der Waals surface area contributed by atoms with E-state index in [-0.39, 0.29) is 18.3 Å². The molecule has 1 saturated heterocycles. The van der Waals surface area contributed by atoms with Crippen LogP contribution in [-0.4, -0.2) is 44.6 Å². The van der Waals surface area contributed by atoms with Crippen LogP contribution in [0.25, 0.3) is 0 Å². The van der Waals surface area contributed by atoms with Gasteiger partial charge in [-0.15, -0.1) is 0 Å². The molecule has 5 rings (SSSR count). The van der Waals surface area contributed by atoms with Crippen LogP contribution in [0, 0.1) is 28.6 Å². The molecule has 136 valence electrons. The van der Waals surface area contributed by atoms with Gasteiger partial charge in [0, 0.05) is 18.3 Å². The summed E-state index contributed by atoms with van der Waals surface area (Å²) in [5.74, 6) is -2.64. The highest BCUT2D eigenvalue weighted by molar-refractivity contribution is 5.84. The van der Waals surface area contributed by atoms with Crippen LogP contribution in [-0.2, 0) is 14.3 Å². The highest BCUT2D eigenvalue weighted by Gasteiger charge is 2.83. The van der Waals surface area contributed by atoms with Crippen LogP contribution < -0.4 is 0 Å². The lowest BCUT2D eigenvalue weighted by Gasteiger charge is -2.46. The predicted octanol–water partition coefficient (Wildman–Crippen LogP) is 1.25. The van der Waals surface area contributed by atoms with Gasteiger partial charge in [0.1, 0.15) is 5.60 Å². The smallest absolute Gasteiger partial charge is 0.312 e. The molecule has 1 heterocycles. The largest absolute Gasteiger partial charge is 0.481 e. The topological polar surface area (TPSA) is 104 Å². The molecule has 6 nitrogen and oxygen atoms in total. The molecule has 1 spiro atoms. The van der Waals surface area contributed by atoms with E-state index < -0.39 is 45.9 Å². The molecule has 25 heavy (non-hydrogen) atoms. The zero-order valence-corrected chi connectivity index (χ0v) is 14.3. The minimum absolute atomic E-state index is 0.147. The summed E-state index contributed by atoms with van der Waals surface area (Å²) in [6.45, 7) is 5.80. The molecular formula is C19H24O6. The molecule has 0 aromatic rings. The van der Waals surface area contributed by atoms with Gasteiger partial charge in [-0.25, -0.2) is 0 Å². The SMILES string of the molecule is C=C1CC23C[C@@]1(O)CC[C@@H]2[C@]12C[C@@H](O)C[C@](C)(C(=O)O1)[C@@H]2[C@H]3C(=O)O. The first-order valence-corrected chi connectivity index (χ1v) is 9.14. The molecule has 8 atom stereocenters. The van der Waals surface area contributed by atoms with E-state index in [2.05, 4.69) is 6.58 Å². The van der Waals surface area contributed by atoms with Gasteiger partial charge in [-0.1, -0.05) is 6.58 Å². The second-order valence-corrected chi connectivity index (χ2v) is 9.43. The fourth-order valence-electron chi connectivity index (χ4n) is 7.77. The summed E-state index contributed by atoms with van der Waals surface area (Å²) in [7, 11) is 0. The van der Waals surface area contributed by atoms with Gasteiger partial charge in [0.25, 0.3) is 0 Å². The fourth-order valence-corrected chi connectivity index (χ4v) is 7.77. The Morgan fingerprint density at radius 2 is 2.08 bits per heavy atom. The van der Waals surface area contributed by atoms with Crippen molar-refractivity contribution in [2.24, 2.45) is 28.6 Å². The van der Waals surface area contributed by atoms with Gasteiger partial charge in [0.05, 0.1) is 23.0 Å². The third kappa shape index (κ3) is 1.48. The molecule has 0 aromatic heterocycles. The number of ether oxygens (including phenoxy) is 1. The van der Waals surface area contributed by atoms with Crippen molar-refractivity contribution in [2.45, 2.75) is 62.8 Å². The summed E-state index contributed by atoms with van der Waals surface area (Å²) in [6, 6.07) is 0. The number of fused-ring (bicyclic) bond motifs is 1. The molecule has 4 aliphatic carbocycles. The maximum Gasteiger partial charge on any atom is 0.312 e. The van der Waals surface area contributed by atoms with Gasteiger partial charge in [-0.05, 0) is 50.0 Å². The summed E-state index contributed by atoms with van der Waals surface area (Å²) in [5, 5.41) is 31.6. The number of carbonyl (C=O) groups is 2. The number of aliphatic hydroxyl groups excluding tert-OH is 1. The Kier molecular flexibility index (Phi) is 2.61. The molecule has 5 fully saturated rings. The summed E-state index contributed by atoms with van der Waals surface area (Å²) >= 11 is 0. The molecule has 1 unspecified atom stereocenters. The van der Waals surface area contributed by atoms with Crippen molar-refractivity contribution < 1.29 is 29.6 Å². The predicted molar refractivity (Wildman–Crippen MR) is 85.3 cm³/mol. The van der Waals surface area contributed by atoms with Crippen LogP contribution in [0.3, 0.4) is 0 Å². The van der Waals surface area contributed by atoms with Gasteiger partial charge < -0.3 is 20.1 Å². The van der Waals surface area contributed by atoms with Gasteiger partial charge in [-0.3, -0.25) is 9.59 Å². The van der Waals surface area contributed by atoms with Crippen molar-refractivity contribution in [3.63, 3.8) is 0 Å². The second kappa shape index (κ2) is 4.12. The molecular weight excluding hydrogens is 324 g/mol. The van der Waals surface area contributed by atoms with E-state index in [0.717, 1.165) is 0 Å². The lowest BCUT2D eigenvalue weighted by Crippen LogP contribution is -2.51. The van der Waals surface area contributed by atoms with E-state index in [0.29, 0.717) is 37.7 Å². The van der Waals surface area contributed by atoms with Crippen molar-refractivity contribution in [3.8, 4) is 0 Å². The van der Waals surface area contributed by atoms with Crippen molar-refractivity contribution in [2.75, 3.05) is 0 Å². The molecule has 0 amide bonds. The third-order valence-electron chi connectivity index (χ3n) is 8.35. The third-order valence-corrected chi connectivity index (χ3v) is 8.35. The van der Waals surface area contributed by atoms with Crippen LogP contribution in [0.15, 0.2) is 12.2 Å². The summed E-state index contributed by atoms with van der Waals surface area (Å²) in [5.41, 5.74) is -2.82. The van der Waals surface area contributed by atoms with Crippen molar-refractivity contribution in [3.05, 3.63) is 12.2 Å². The van der Waals surface area contributed by atoms with E-state index >= 15 is 0 Å². The maximum atomic E-state index is 12.7. The first kappa shape index (κ1) is 15.8. The first-order chi connectivity index (χ1) is 11.6. The van der Waals surface area contributed by atoms with E-state index in [1.807, 2.05) is 0 Å². The van der Waals surface area contributed by atoms with Gasteiger partial charge in [0.15, 0.2) is 0 Å². The second-order valence-electron chi connectivity index (χ2n) is 9.43. The summed E-state index contributed by atoms with van der Waals surface area (Å²) in [6.07, 6.45) is 1.85. The molecule has 3 N–H and O–H groups in total. The summed E-state index contributed by atoms with van der Waals surface area (Å²) < 4.78 is 5.96. The Balaban J connectivity index is 1.76. The van der Waals surface area contributed by atoms with Crippen LogP contribution in [0.5, 0.6) is 0 Å². The number of rotatable bonds is 1. The van der Waals surface area contributed by atoms with E-state index in [1.165, 1.54) is 0 Å². The molecule has 0 aromatic carbocycles. The number of hydrogen-bond acceptors (Lipinski definition) is 5. The Labute approximate surface area is 145 Å². The van der Waals surface area contributed by atoms with Gasteiger partial charge in [-0.2, -0.15) is 0 Å².